The maximum Gasteiger partial charge on any atom is 0.416 e. The summed E-state index contributed by atoms with van der Waals surface area (Å²) in [4.78, 5) is 0. The summed E-state index contributed by atoms with van der Waals surface area (Å²) in [6.07, 6.45) is -8.85. The SMILES string of the molecule is CCCc1cc(C(F)(F)F)cc(C(F)(F)F)c1. The highest BCUT2D eigenvalue weighted by Crippen LogP contribution is 2.36. The molecule has 0 saturated heterocycles. The zero-order chi connectivity index (χ0) is 13.3. The van der Waals surface area contributed by atoms with Crippen molar-refractivity contribution in [1.29, 1.82) is 0 Å². The molecule has 0 heterocycles. The quantitative estimate of drug-likeness (QED) is 0.674. The summed E-state index contributed by atoms with van der Waals surface area (Å²) >= 11 is 0. The highest BCUT2D eigenvalue weighted by molar-refractivity contribution is 5.33. The minimum atomic E-state index is -4.76. The van der Waals surface area contributed by atoms with Gasteiger partial charge in [-0.1, -0.05) is 13.3 Å². The Kier molecular flexibility index (Phi) is 3.74. The van der Waals surface area contributed by atoms with Gasteiger partial charge in [0.2, 0.25) is 0 Å². The highest BCUT2D eigenvalue weighted by atomic mass is 19.4. The third-order valence-electron chi connectivity index (χ3n) is 2.19. The van der Waals surface area contributed by atoms with Crippen molar-refractivity contribution in [2.75, 3.05) is 0 Å². The lowest BCUT2D eigenvalue weighted by atomic mass is 10.0. The summed E-state index contributed by atoms with van der Waals surface area (Å²) in [5.74, 6) is 0. The number of alkyl halides is 6. The van der Waals surface area contributed by atoms with Gasteiger partial charge < -0.3 is 0 Å². The molecule has 0 bridgehead atoms. The van der Waals surface area contributed by atoms with E-state index in [2.05, 4.69) is 0 Å². The zero-order valence-electron chi connectivity index (χ0n) is 8.91. The van der Waals surface area contributed by atoms with Crippen LogP contribution in [0, 0.1) is 0 Å². The number of benzene rings is 1. The first-order valence-electron chi connectivity index (χ1n) is 4.93. The van der Waals surface area contributed by atoms with Crippen LogP contribution in [0.15, 0.2) is 18.2 Å². The molecule has 96 valence electrons. The van der Waals surface area contributed by atoms with Gasteiger partial charge in [-0.2, -0.15) is 26.3 Å². The molecule has 0 radical (unpaired) electrons. The maximum absolute atomic E-state index is 12.4. The van der Waals surface area contributed by atoms with E-state index in [0.29, 0.717) is 6.42 Å². The van der Waals surface area contributed by atoms with Gasteiger partial charge in [-0.3, -0.25) is 0 Å². The van der Waals surface area contributed by atoms with Crippen LogP contribution < -0.4 is 0 Å². The topological polar surface area (TPSA) is 0 Å². The largest absolute Gasteiger partial charge is 0.416 e. The summed E-state index contributed by atoms with van der Waals surface area (Å²) in [5.41, 5.74) is -2.46. The van der Waals surface area contributed by atoms with E-state index >= 15 is 0 Å². The molecule has 1 rings (SSSR count). The molecule has 0 amide bonds. The van der Waals surface area contributed by atoms with Crippen molar-refractivity contribution in [3.8, 4) is 0 Å². The summed E-state index contributed by atoms with van der Waals surface area (Å²) in [7, 11) is 0. The molecular weight excluding hydrogens is 246 g/mol. The van der Waals surface area contributed by atoms with Crippen LogP contribution in [0.5, 0.6) is 0 Å². The van der Waals surface area contributed by atoms with E-state index in [4.69, 9.17) is 0 Å². The molecule has 0 aliphatic carbocycles. The van der Waals surface area contributed by atoms with E-state index in [0.717, 1.165) is 12.1 Å². The minimum absolute atomic E-state index is 0.0506. The van der Waals surface area contributed by atoms with Gasteiger partial charge in [-0.05, 0) is 30.2 Å². The Balaban J connectivity index is 3.29. The Morgan fingerprint density at radius 3 is 1.53 bits per heavy atom. The summed E-state index contributed by atoms with van der Waals surface area (Å²) < 4.78 is 74.5. The molecule has 6 heteroatoms. The van der Waals surface area contributed by atoms with E-state index in [9.17, 15) is 26.3 Å². The maximum atomic E-state index is 12.4. The number of halogens is 6. The van der Waals surface area contributed by atoms with Crippen LogP contribution in [0.2, 0.25) is 0 Å². The van der Waals surface area contributed by atoms with Crippen LogP contribution in [0.1, 0.15) is 30.0 Å². The summed E-state index contributed by atoms with van der Waals surface area (Å²) in [5, 5.41) is 0. The molecule has 1 aromatic rings. The predicted octanol–water partition coefficient (Wildman–Crippen LogP) is 4.68. The van der Waals surface area contributed by atoms with Crippen molar-refractivity contribution < 1.29 is 26.3 Å². The monoisotopic (exact) mass is 256 g/mol. The highest BCUT2D eigenvalue weighted by Gasteiger charge is 2.36. The van der Waals surface area contributed by atoms with E-state index in [1.54, 1.807) is 6.92 Å². The molecule has 0 N–H and O–H groups in total. The first kappa shape index (κ1) is 13.9. The van der Waals surface area contributed by atoms with Crippen molar-refractivity contribution in [3.63, 3.8) is 0 Å². The van der Waals surface area contributed by atoms with E-state index in [-0.39, 0.29) is 18.1 Å². The van der Waals surface area contributed by atoms with Crippen molar-refractivity contribution in [3.05, 3.63) is 34.9 Å². The summed E-state index contributed by atoms with van der Waals surface area (Å²) in [6, 6.07) is 1.66. The molecular formula is C11H10F6. The Morgan fingerprint density at radius 1 is 0.824 bits per heavy atom. The fourth-order valence-corrected chi connectivity index (χ4v) is 1.45. The fraction of sp³-hybridized carbons (Fsp3) is 0.455. The molecule has 0 nitrogen and oxygen atoms in total. The van der Waals surface area contributed by atoms with Gasteiger partial charge >= 0.3 is 12.4 Å². The van der Waals surface area contributed by atoms with Crippen LogP contribution in [0.3, 0.4) is 0 Å². The van der Waals surface area contributed by atoms with Gasteiger partial charge in [0.15, 0.2) is 0 Å². The Bertz CT molecular complexity index is 356. The van der Waals surface area contributed by atoms with Gasteiger partial charge in [0.05, 0.1) is 11.1 Å². The van der Waals surface area contributed by atoms with Crippen LogP contribution in [0.25, 0.3) is 0 Å². The second-order valence-electron chi connectivity index (χ2n) is 3.66. The van der Waals surface area contributed by atoms with E-state index in [1.165, 1.54) is 0 Å². The number of hydrogen-bond acceptors (Lipinski definition) is 0. The fourth-order valence-electron chi connectivity index (χ4n) is 1.45. The van der Waals surface area contributed by atoms with Crippen molar-refractivity contribution in [1.82, 2.24) is 0 Å². The third-order valence-corrected chi connectivity index (χ3v) is 2.19. The zero-order valence-corrected chi connectivity index (χ0v) is 8.91. The smallest absolute Gasteiger partial charge is 0.166 e. The van der Waals surface area contributed by atoms with Gasteiger partial charge in [-0.15, -0.1) is 0 Å². The average Bonchev–Trinajstić information content (AvgIpc) is 2.15. The molecule has 0 atom stereocenters. The Hall–Kier alpha value is -1.20. The molecule has 17 heavy (non-hydrogen) atoms. The standard InChI is InChI=1S/C11H10F6/c1-2-3-7-4-8(10(12,13)14)6-9(5-7)11(15,16)17/h4-6H,2-3H2,1H3. The van der Waals surface area contributed by atoms with Crippen LogP contribution >= 0.6 is 0 Å². The van der Waals surface area contributed by atoms with Crippen molar-refractivity contribution in [2.45, 2.75) is 32.1 Å². The lowest BCUT2D eigenvalue weighted by Crippen LogP contribution is -2.11. The molecule has 0 unspecified atom stereocenters. The molecule has 0 spiro atoms. The minimum Gasteiger partial charge on any atom is -0.166 e. The first-order valence-corrected chi connectivity index (χ1v) is 4.93. The van der Waals surface area contributed by atoms with Crippen LogP contribution in [-0.2, 0) is 18.8 Å². The molecule has 0 aromatic heterocycles. The van der Waals surface area contributed by atoms with Gasteiger partial charge in [0.25, 0.3) is 0 Å². The Morgan fingerprint density at radius 2 is 1.24 bits per heavy atom. The number of hydrogen-bond donors (Lipinski definition) is 0. The molecule has 0 fully saturated rings. The molecule has 0 aliphatic heterocycles. The average molecular weight is 256 g/mol. The van der Waals surface area contributed by atoms with E-state index in [1.807, 2.05) is 0 Å². The van der Waals surface area contributed by atoms with E-state index < -0.39 is 23.5 Å². The van der Waals surface area contributed by atoms with Gasteiger partial charge in [0.1, 0.15) is 0 Å². The molecule has 1 aromatic carbocycles. The Labute approximate surface area is 94.2 Å². The van der Waals surface area contributed by atoms with Crippen LogP contribution in [0.4, 0.5) is 26.3 Å². The van der Waals surface area contributed by atoms with Gasteiger partial charge in [0, 0.05) is 0 Å². The number of aryl methyl sites for hydroxylation is 1. The second kappa shape index (κ2) is 4.58. The summed E-state index contributed by atoms with van der Waals surface area (Å²) in [6.45, 7) is 1.69. The van der Waals surface area contributed by atoms with Crippen molar-refractivity contribution in [2.24, 2.45) is 0 Å². The predicted molar refractivity (Wildman–Crippen MR) is 50.4 cm³/mol. The molecule has 0 saturated carbocycles. The third kappa shape index (κ3) is 3.64. The lowest BCUT2D eigenvalue weighted by Gasteiger charge is -2.13. The lowest BCUT2D eigenvalue weighted by molar-refractivity contribution is -0.143. The molecule has 0 aliphatic rings. The number of rotatable bonds is 2. The normalized spacial score (nSPS) is 12.9. The second-order valence-corrected chi connectivity index (χ2v) is 3.66. The first-order chi connectivity index (χ1) is 7.64. The van der Waals surface area contributed by atoms with Gasteiger partial charge in [-0.25, -0.2) is 0 Å². The van der Waals surface area contributed by atoms with Crippen LogP contribution in [-0.4, -0.2) is 0 Å². The van der Waals surface area contributed by atoms with Crippen molar-refractivity contribution >= 4 is 0 Å².